The molecule has 0 atom stereocenters. The van der Waals surface area contributed by atoms with E-state index in [0.717, 1.165) is 25.5 Å². The van der Waals surface area contributed by atoms with Gasteiger partial charge >= 0.3 is 9.28 Å². The summed E-state index contributed by atoms with van der Waals surface area (Å²) >= 11 is 0. The summed E-state index contributed by atoms with van der Waals surface area (Å²) < 4.78 is 9.63. The van der Waals surface area contributed by atoms with Crippen molar-refractivity contribution >= 4 is 15.6 Å². The van der Waals surface area contributed by atoms with Crippen LogP contribution in [0, 0.1) is 0 Å². The first kappa shape index (κ1) is 14.3. The molecule has 3 nitrogen and oxygen atoms in total. The Balaban J connectivity index is 0. The largest absolute Gasteiger partial charge is 0.400 e. The van der Waals surface area contributed by atoms with Crippen LogP contribution in [-0.2, 0) is 13.6 Å². The van der Waals surface area contributed by atoms with E-state index in [9.17, 15) is 4.79 Å². The van der Waals surface area contributed by atoms with E-state index in [1.54, 1.807) is 14.2 Å². The second-order valence-electron chi connectivity index (χ2n) is 2.35. The fraction of sp³-hybridized carbons (Fsp3) is 0.875. The Hall–Kier alpha value is -0.193. The van der Waals surface area contributed by atoms with Crippen molar-refractivity contribution in [3.8, 4) is 0 Å². The number of unbranched alkanes of at least 4 members (excludes halogenated alkanes) is 2. The normalized spacial score (nSPS) is 9.08. The maximum absolute atomic E-state index is 9.56. The quantitative estimate of drug-likeness (QED) is 0.376. The van der Waals surface area contributed by atoms with Crippen molar-refractivity contribution in [2.75, 3.05) is 14.2 Å². The van der Waals surface area contributed by atoms with E-state index in [0.29, 0.717) is 0 Å². The van der Waals surface area contributed by atoms with Crippen LogP contribution in [0.2, 0.25) is 6.55 Å². The molecule has 0 spiro atoms. The van der Waals surface area contributed by atoms with Crippen molar-refractivity contribution in [2.45, 2.75) is 32.7 Å². The summed E-state index contributed by atoms with van der Waals surface area (Å²) in [5.74, 6) is 0. The summed E-state index contributed by atoms with van der Waals surface area (Å²) in [4.78, 5) is 9.56. The summed E-state index contributed by atoms with van der Waals surface area (Å²) in [5.41, 5.74) is 0. The van der Waals surface area contributed by atoms with Gasteiger partial charge in [-0.1, -0.05) is 13.3 Å². The fourth-order valence-corrected chi connectivity index (χ4v) is 0.576. The van der Waals surface area contributed by atoms with Crippen LogP contribution in [0.1, 0.15) is 26.2 Å². The SMILES string of the molecule is CCCCC=O.CO[SiH](C)OC. The Bertz CT molecular complexity index is 84.4. The molecule has 0 aliphatic rings. The lowest BCUT2D eigenvalue weighted by Crippen LogP contribution is -2.12. The highest BCUT2D eigenvalue weighted by molar-refractivity contribution is 6.42. The van der Waals surface area contributed by atoms with Gasteiger partial charge in [0.2, 0.25) is 0 Å². The van der Waals surface area contributed by atoms with Gasteiger partial charge in [0.25, 0.3) is 0 Å². The molecule has 0 radical (unpaired) electrons. The molecule has 0 saturated carbocycles. The molecule has 0 amide bonds. The van der Waals surface area contributed by atoms with Crippen LogP contribution in [0.3, 0.4) is 0 Å². The number of aldehydes is 1. The first-order valence-electron chi connectivity index (χ1n) is 4.22. The van der Waals surface area contributed by atoms with Gasteiger partial charge in [0.15, 0.2) is 0 Å². The lowest BCUT2D eigenvalue weighted by molar-refractivity contribution is -0.107. The molecule has 0 fully saturated rings. The molecule has 0 aromatic heterocycles. The van der Waals surface area contributed by atoms with Gasteiger partial charge in [0, 0.05) is 20.6 Å². The van der Waals surface area contributed by atoms with Crippen molar-refractivity contribution in [1.29, 1.82) is 0 Å². The van der Waals surface area contributed by atoms with Gasteiger partial charge in [-0.2, -0.15) is 0 Å². The molecule has 0 aliphatic heterocycles. The highest BCUT2D eigenvalue weighted by Crippen LogP contribution is 1.87. The summed E-state index contributed by atoms with van der Waals surface area (Å²) in [7, 11) is 2.17. The summed E-state index contributed by atoms with van der Waals surface area (Å²) in [6.07, 6.45) is 3.86. The minimum absolute atomic E-state index is 0.733. The van der Waals surface area contributed by atoms with Gasteiger partial charge in [-0.25, -0.2) is 0 Å². The molecule has 0 aromatic carbocycles. The van der Waals surface area contributed by atoms with Crippen LogP contribution in [0.25, 0.3) is 0 Å². The number of carbonyl (C=O) groups is 1. The number of hydrogen-bond donors (Lipinski definition) is 0. The van der Waals surface area contributed by atoms with Gasteiger partial charge in [-0.3, -0.25) is 0 Å². The van der Waals surface area contributed by atoms with Crippen LogP contribution >= 0.6 is 0 Å². The second-order valence-corrected chi connectivity index (χ2v) is 4.43. The van der Waals surface area contributed by atoms with Gasteiger partial charge in [-0.15, -0.1) is 0 Å². The van der Waals surface area contributed by atoms with Crippen LogP contribution in [0.5, 0.6) is 0 Å². The van der Waals surface area contributed by atoms with Crippen LogP contribution in [-0.4, -0.2) is 29.8 Å². The van der Waals surface area contributed by atoms with Gasteiger partial charge in [0.05, 0.1) is 0 Å². The summed E-state index contributed by atoms with van der Waals surface area (Å²) in [6, 6.07) is 0. The Morgan fingerprint density at radius 1 is 1.33 bits per heavy atom. The monoisotopic (exact) mass is 192 g/mol. The minimum Gasteiger partial charge on any atom is -0.400 e. The Labute approximate surface area is 76.9 Å². The molecule has 0 bridgehead atoms. The lowest BCUT2D eigenvalue weighted by atomic mass is 10.3. The summed E-state index contributed by atoms with van der Waals surface area (Å²) in [6.45, 7) is 4.05. The third-order valence-corrected chi connectivity index (χ3v) is 2.67. The molecule has 0 aromatic rings. The van der Waals surface area contributed by atoms with Gasteiger partial charge in [-0.05, 0) is 13.0 Å². The predicted molar refractivity (Wildman–Crippen MR) is 52.6 cm³/mol. The summed E-state index contributed by atoms with van der Waals surface area (Å²) in [5, 5.41) is 0. The number of rotatable bonds is 5. The average molecular weight is 192 g/mol. The molecular weight excluding hydrogens is 172 g/mol. The van der Waals surface area contributed by atoms with E-state index in [4.69, 9.17) is 8.85 Å². The highest BCUT2D eigenvalue weighted by atomic mass is 28.3. The zero-order valence-corrected chi connectivity index (χ0v) is 9.66. The van der Waals surface area contributed by atoms with E-state index in [1.165, 1.54) is 0 Å². The number of hydrogen-bond acceptors (Lipinski definition) is 3. The molecule has 4 heteroatoms. The molecular formula is C8H20O3Si. The second kappa shape index (κ2) is 13.4. The van der Waals surface area contributed by atoms with E-state index in [1.807, 2.05) is 6.55 Å². The molecule has 0 rings (SSSR count). The van der Waals surface area contributed by atoms with E-state index >= 15 is 0 Å². The maximum Gasteiger partial charge on any atom is 0.317 e. The molecule has 0 N–H and O–H groups in total. The van der Waals surface area contributed by atoms with Crippen molar-refractivity contribution in [1.82, 2.24) is 0 Å². The van der Waals surface area contributed by atoms with Crippen molar-refractivity contribution < 1.29 is 13.6 Å². The molecule has 0 heterocycles. The third-order valence-electron chi connectivity index (χ3n) is 1.34. The van der Waals surface area contributed by atoms with Crippen LogP contribution in [0.4, 0.5) is 0 Å². The van der Waals surface area contributed by atoms with Crippen LogP contribution in [0.15, 0.2) is 0 Å². The Morgan fingerprint density at radius 2 is 1.83 bits per heavy atom. The topological polar surface area (TPSA) is 35.5 Å². The van der Waals surface area contributed by atoms with Crippen LogP contribution < -0.4 is 0 Å². The van der Waals surface area contributed by atoms with E-state index in [-0.39, 0.29) is 0 Å². The third kappa shape index (κ3) is 16.4. The smallest absolute Gasteiger partial charge is 0.317 e. The van der Waals surface area contributed by atoms with Gasteiger partial charge in [0.1, 0.15) is 6.29 Å². The minimum atomic E-state index is -1.16. The first-order chi connectivity index (χ1) is 5.72. The van der Waals surface area contributed by atoms with E-state index < -0.39 is 9.28 Å². The predicted octanol–water partition coefficient (Wildman–Crippen LogP) is 1.50. The highest BCUT2D eigenvalue weighted by Gasteiger charge is 1.94. The molecule has 12 heavy (non-hydrogen) atoms. The van der Waals surface area contributed by atoms with Crippen molar-refractivity contribution in [2.24, 2.45) is 0 Å². The Morgan fingerprint density at radius 3 is 1.92 bits per heavy atom. The van der Waals surface area contributed by atoms with Crippen molar-refractivity contribution in [3.63, 3.8) is 0 Å². The molecule has 0 aliphatic carbocycles. The molecule has 0 unspecified atom stereocenters. The lowest BCUT2D eigenvalue weighted by Gasteiger charge is -2.00. The van der Waals surface area contributed by atoms with Gasteiger partial charge < -0.3 is 13.6 Å². The Kier molecular flexibility index (Phi) is 16.0. The molecule has 74 valence electrons. The zero-order chi connectivity index (χ0) is 9.82. The maximum atomic E-state index is 9.56. The number of carbonyl (C=O) groups excluding carboxylic acids is 1. The standard InChI is InChI=1S/C5H10O.C3H10O2Si/c1-2-3-4-5-6;1-4-6(3)5-2/h5H,2-4H2,1H3;6H,1-3H3. The first-order valence-corrected chi connectivity index (χ1v) is 6.31. The molecule has 0 saturated heterocycles. The average Bonchev–Trinajstić information content (AvgIpc) is 2.14. The fourth-order valence-electron chi connectivity index (χ4n) is 0.384. The van der Waals surface area contributed by atoms with E-state index in [2.05, 4.69) is 6.92 Å². The van der Waals surface area contributed by atoms with Crippen molar-refractivity contribution in [3.05, 3.63) is 0 Å². The zero-order valence-electron chi connectivity index (χ0n) is 8.50.